The fourth-order valence-corrected chi connectivity index (χ4v) is 5.10. The lowest BCUT2D eigenvalue weighted by Crippen LogP contribution is -2.05. The summed E-state index contributed by atoms with van der Waals surface area (Å²) in [6.45, 7) is 1.87. The molecule has 0 saturated heterocycles. The molecular formula is C19H11I2N5O2. The molecule has 0 atom stereocenters. The van der Waals surface area contributed by atoms with Gasteiger partial charge in [-0.2, -0.15) is 5.26 Å². The van der Waals surface area contributed by atoms with Gasteiger partial charge in [0.25, 0.3) is 5.69 Å². The van der Waals surface area contributed by atoms with Gasteiger partial charge in [0, 0.05) is 19.3 Å². The Labute approximate surface area is 186 Å². The normalized spacial score (nSPS) is 10.9. The quantitative estimate of drug-likeness (QED) is 0.191. The molecule has 0 aliphatic heterocycles. The minimum Gasteiger partial charge on any atom is -0.340 e. The Kier molecular flexibility index (Phi) is 4.84. The lowest BCUT2D eigenvalue weighted by atomic mass is 10.1. The van der Waals surface area contributed by atoms with Crippen LogP contribution in [0.1, 0.15) is 11.1 Å². The van der Waals surface area contributed by atoms with Crippen LogP contribution in [0.2, 0.25) is 0 Å². The first-order valence-electron chi connectivity index (χ1n) is 8.12. The Balaban J connectivity index is 1.98. The number of non-ortho nitro benzene ring substituents is 1. The van der Waals surface area contributed by atoms with Gasteiger partial charge in [-0.3, -0.25) is 14.5 Å². The molecule has 1 N–H and O–H groups in total. The first kappa shape index (κ1) is 18.9. The molecule has 0 amide bonds. The summed E-state index contributed by atoms with van der Waals surface area (Å²) in [4.78, 5) is 15.3. The molecule has 7 nitrogen and oxygen atoms in total. The number of nitrogens with zero attached hydrogens (tertiary/aromatic N) is 4. The highest BCUT2D eigenvalue weighted by molar-refractivity contribution is 14.1. The summed E-state index contributed by atoms with van der Waals surface area (Å²) in [6.07, 6.45) is 0. The molecule has 0 radical (unpaired) electrons. The molecule has 0 fully saturated rings. The van der Waals surface area contributed by atoms with Gasteiger partial charge in [0.2, 0.25) is 0 Å². The third-order valence-corrected chi connectivity index (χ3v) is 6.08. The lowest BCUT2D eigenvalue weighted by Gasteiger charge is -2.15. The Morgan fingerprint density at radius 2 is 1.89 bits per heavy atom. The minimum atomic E-state index is -0.401. The predicted octanol–water partition coefficient (Wildman–Crippen LogP) is 5.53. The number of hydrogen-bond donors (Lipinski definition) is 1. The van der Waals surface area contributed by atoms with Gasteiger partial charge in [-0.05, 0) is 75.9 Å². The summed E-state index contributed by atoms with van der Waals surface area (Å²) in [6, 6.07) is 14.9. The smallest absolute Gasteiger partial charge is 0.271 e. The molecular weight excluding hydrogens is 584 g/mol. The van der Waals surface area contributed by atoms with Crippen molar-refractivity contribution in [3.63, 3.8) is 0 Å². The number of nitriles is 1. The van der Waals surface area contributed by atoms with E-state index in [2.05, 4.69) is 61.6 Å². The number of hydrogen-bond acceptors (Lipinski definition) is 5. The van der Waals surface area contributed by atoms with Crippen LogP contribution < -0.4 is 5.32 Å². The van der Waals surface area contributed by atoms with Crippen molar-refractivity contribution < 1.29 is 4.92 Å². The molecule has 2 aromatic carbocycles. The van der Waals surface area contributed by atoms with Crippen LogP contribution >= 0.6 is 45.2 Å². The molecule has 0 aliphatic rings. The van der Waals surface area contributed by atoms with Gasteiger partial charge in [-0.25, -0.2) is 4.98 Å². The minimum absolute atomic E-state index is 0.0496. The first-order valence-corrected chi connectivity index (χ1v) is 10.3. The number of pyridine rings is 1. The third kappa shape index (κ3) is 3.06. The fraction of sp³-hybridized carbons (Fsp3) is 0.0526. The summed E-state index contributed by atoms with van der Waals surface area (Å²) in [7, 11) is 0. The monoisotopic (exact) mass is 595 g/mol. The average Bonchev–Trinajstić information content (AvgIpc) is 3.03. The number of nitro groups is 1. The van der Waals surface area contributed by atoms with Crippen molar-refractivity contribution in [1.82, 2.24) is 9.38 Å². The zero-order valence-corrected chi connectivity index (χ0v) is 18.7. The lowest BCUT2D eigenvalue weighted by molar-refractivity contribution is -0.385. The van der Waals surface area contributed by atoms with Gasteiger partial charge >= 0.3 is 0 Å². The van der Waals surface area contributed by atoms with Crippen LogP contribution in [0.3, 0.4) is 0 Å². The molecule has 28 heavy (non-hydrogen) atoms. The largest absolute Gasteiger partial charge is 0.340 e. The van der Waals surface area contributed by atoms with Crippen LogP contribution in [-0.2, 0) is 0 Å². The van der Waals surface area contributed by atoms with E-state index < -0.39 is 4.92 Å². The number of aromatic nitrogens is 2. The van der Waals surface area contributed by atoms with Crippen molar-refractivity contribution in [3.05, 3.63) is 70.8 Å². The van der Waals surface area contributed by atoms with E-state index in [0.717, 1.165) is 35.2 Å². The number of halogens is 2. The maximum Gasteiger partial charge on any atom is 0.271 e. The standard InChI is InChI=1S/C19H11I2N5O2/c1-10-6-17(24-18-13(20)7-11(26(27)28)8-14(18)21)25-16-5-3-2-4-15(16)23-19(25)12(10)9-22/h2-8,24H,1H3. The second kappa shape index (κ2) is 7.17. The number of fused-ring (bicyclic) bond motifs is 3. The first-order chi connectivity index (χ1) is 13.4. The van der Waals surface area contributed by atoms with Crippen LogP contribution in [-0.4, -0.2) is 14.3 Å². The van der Waals surface area contributed by atoms with E-state index in [-0.39, 0.29) is 5.69 Å². The molecule has 0 saturated carbocycles. The summed E-state index contributed by atoms with van der Waals surface area (Å²) < 4.78 is 3.38. The van der Waals surface area contributed by atoms with Crippen LogP contribution in [0, 0.1) is 35.5 Å². The maximum atomic E-state index is 11.1. The van der Waals surface area contributed by atoms with Gasteiger partial charge < -0.3 is 5.32 Å². The molecule has 4 aromatic rings. The van der Waals surface area contributed by atoms with E-state index in [1.807, 2.05) is 41.7 Å². The number of aryl methyl sites for hydroxylation is 1. The van der Waals surface area contributed by atoms with E-state index in [1.54, 1.807) is 0 Å². The van der Waals surface area contributed by atoms with Crippen molar-refractivity contribution in [2.75, 3.05) is 5.32 Å². The summed E-state index contributed by atoms with van der Waals surface area (Å²) in [5, 5.41) is 24.1. The Bertz CT molecular complexity index is 1300. The second-order valence-corrected chi connectivity index (χ2v) is 8.45. The number of nitro benzene ring substituents is 1. The molecule has 0 aliphatic carbocycles. The van der Waals surface area contributed by atoms with Crippen LogP contribution in [0.15, 0.2) is 42.5 Å². The van der Waals surface area contributed by atoms with Crippen LogP contribution in [0.25, 0.3) is 16.7 Å². The third-order valence-electron chi connectivity index (χ3n) is 4.38. The van der Waals surface area contributed by atoms with Crippen molar-refractivity contribution in [3.8, 4) is 6.07 Å². The van der Waals surface area contributed by atoms with E-state index >= 15 is 0 Å². The fourth-order valence-electron chi connectivity index (χ4n) is 3.10. The summed E-state index contributed by atoms with van der Waals surface area (Å²) in [5.74, 6) is 0.741. The number of rotatable bonds is 3. The Morgan fingerprint density at radius 1 is 1.21 bits per heavy atom. The Morgan fingerprint density at radius 3 is 2.54 bits per heavy atom. The predicted molar refractivity (Wildman–Crippen MR) is 124 cm³/mol. The molecule has 138 valence electrons. The van der Waals surface area contributed by atoms with Crippen molar-refractivity contribution in [2.24, 2.45) is 0 Å². The SMILES string of the molecule is Cc1cc(Nc2c(I)cc([N+](=O)[O-])cc2I)n2c(nc3ccccc32)c1C#N. The number of anilines is 2. The highest BCUT2D eigenvalue weighted by Gasteiger charge is 2.18. The van der Waals surface area contributed by atoms with Crippen LogP contribution in [0.4, 0.5) is 17.2 Å². The molecule has 0 unspecified atom stereocenters. The number of imidazole rings is 1. The maximum absolute atomic E-state index is 11.1. The number of nitrogens with one attached hydrogen (secondary N) is 1. The molecule has 9 heteroatoms. The highest BCUT2D eigenvalue weighted by atomic mass is 127. The van der Waals surface area contributed by atoms with Gasteiger partial charge in [0.05, 0.1) is 27.2 Å². The molecule has 0 bridgehead atoms. The van der Waals surface area contributed by atoms with E-state index in [4.69, 9.17) is 0 Å². The summed E-state index contributed by atoms with van der Waals surface area (Å²) >= 11 is 4.17. The molecule has 4 rings (SSSR count). The van der Waals surface area contributed by atoms with Crippen molar-refractivity contribution in [1.29, 1.82) is 5.26 Å². The zero-order chi connectivity index (χ0) is 20.0. The molecule has 0 spiro atoms. The Hall–Kier alpha value is -2.46. The van der Waals surface area contributed by atoms with Crippen molar-refractivity contribution in [2.45, 2.75) is 6.92 Å². The van der Waals surface area contributed by atoms with Gasteiger partial charge in [-0.15, -0.1) is 0 Å². The van der Waals surface area contributed by atoms with E-state index in [1.165, 1.54) is 12.1 Å². The van der Waals surface area contributed by atoms with Gasteiger partial charge in [0.1, 0.15) is 11.9 Å². The highest BCUT2D eigenvalue weighted by Crippen LogP contribution is 2.34. The number of para-hydroxylation sites is 2. The van der Waals surface area contributed by atoms with Crippen LogP contribution in [0.5, 0.6) is 0 Å². The topological polar surface area (TPSA) is 96.3 Å². The van der Waals surface area contributed by atoms with E-state index in [0.29, 0.717) is 11.2 Å². The second-order valence-electron chi connectivity index (χ2n) is 6.13. The van der Waals surface area contributed by atoms with Crippen molar-refractivity contribution >= 4 is 79.1 Å². The zero-order valence-electron chi connectivity index (χ0n) is 14.4. The van der Waals surface area contributed by atoms with E-state index in [9.17, 15) is 15.4 Å². The van der Waals surface area contributed by atoms with Gasteiger partial charge in [-0.1, -0.05) is 12.1 Å². The average molecular weight is 595 g/mol. The molecule has 2 heterocycles. The number of benzene rings is 2. The summed E-state index contributed by atoms with van der Waals surface area (Å²) in [5.41, 5.74) is 4.40. The molecule has 2 aromatic heterocycles. The van der Waals surface area contributed by atoms with Gasteiger partial charge in [0.15, 0.2) is 5.65 Å².